The van der Waals surface area contributed by atoms with E-state index in [1.54, 1.807) is 6.92 Å². The lowest BCUT2D eigenvalue weighted by Gasteiger charge is -2.04. The Morgan fingerprint density at radius 2 is 2.06 bits per heavy atom. The fourth-order valence-electron chi connectivity index (χ4n) is 0.849. The lowest BCUT2D eigenvalue weighted by molar-refractivity contribution is -0.135. The highest BCUT2D eigenvalue weighted by Gasteiger charge is 2.08. The molecule has 0 atom stereocenters. The predicted octanol–water partition coefficient (Wildman–Crippen LogP) is 0.374. The van der Waals surface area contributed by atoms with Gasteiger partial charge in [-0.15, -0.1) is 5.10 Å². The molecule has 0 radical (unpaired) electrons. The Morgan fingerprint density at radius 1 is 1.44 bits per heavy atom. The van der Waals surface area contributed by atoms with Gasteiger partial charge in [0.2, 0.25) is 11.7 Å². The first kappa shape index (κ1) is 14.4. The van der Waals surface area contributed by atoms with E-state index in [9.17, 15) is 9.59 Å². The molecule has 0 saturated heterocycles. The fourth-order valence-corrected chi connectivity index (χ4v) is 0.849. The van der Waals surface area contributed by atoms with Crippen molar-refractivity contribution in [2.45, 2.75) is 33.6 Å². The average molecular weight is 229 g/mol. The van der Waals surface area contributed by atoms with Crippen LogP contribution < -0.4 is 11.2 Å². The molecule has 0 aliphatic rings. The quantitative estimate of drug-likeness (QED) is 0.308. The number of hydrogen-bond donors (Lipinski definition) is 2. The van der Waals surface area contributed by atoms with Gasteiger partial charge >= 0.3 is 5.97 Å². The molecule has 3 N–H and O–H groups in total. The van der Waals surface area contributed by atoms with E-state index >= 15 is 0 Å². The maximum absolute atomic E-state index is 11.2. The number of hydrogen-bond acceptors (Lipinski definition) is 4. The molecular weight excluding hydrogens is 210 g/mol. The molecule has 0 aromatic carbocycles. The third-order valence-electron chi connectivity index (χ3n) is 1.73. The van der Waals surface area contributed by atoms with Crippen LogP contribution in [0.2, 0.25) is 0 Å². The molecule has 0 fully saturated rings. The van der Waals surface area contributed by atoms with Gasteiger partial charge in [0.1, 0.15) is 0 Å². The molecule has 0 rings (SSSR count). The van der Waals surface area contributed by atoms with E-state index in [1.165, 1.54) is 0 Å². The van der Waals surface area contributed by atoms with Crippen molar-refractivity contribution in [1.29, 1.82) is 0 Å². The Kier molecular flexibility index (Phi) is 6.91. The van der Waals surface area contributed by atoms with E-state index in [0.29, 0.717) is 12.3 Å². The second kappa shape index (κ2) is 7.67. The van der Waals surface area contributed by atoms with Crippen LogP contribution in [0.3, 0.4) is 0 Å². The van der Waals surface area contributed by atoms with Gasteiger partial charge in [-0.2, -0.15) is 0 Å². The highest BCUT2D eigenvalue weighted by molar-refractivity contribution is 6.34. The van der Waals surface area contributed by atoms with Crippen molar-refractivity contribution in [3.8, 4) is 0 Å². The zero-order valence-electron chi connectivity index (χ0n) is 9.95. The smallest absolute Gasteiger partial charge is 0.375 e. The van der Waals surface area contributed by atoms with Gasteiger partial charge in [-0.05, 0) is 19.3 Å². The molecule has 0 bridgehead atoms. The standard InChI is InChI=1S/C10H19N3O3/c1-4-16-10(15)9(11)13-12-8(14)6-5-7(2)3/h7H,4-6H2,1-3H3,(H2,11,13)(H,12,14). The van der Waals surface area contributed by atoms with Crippen molar-refractivity contribution in [3.63, 3.8) is 0 Å². The molecule has 0 spiro atoms. The van der Waals surface area contributed by atoms with Crippen molar-refractivity contribution in [2.75, 3.05) is 6.61 Å². The van der Waals surface area contributed by atoms with E-state index in [0.717, 1.165) is 6.42 Å². The van der Waals surface area contributed by atoms with Crippen molar-refractivity contribution < 1.29 is 14.3 Å². The summed E-state index contributed by atoms with van der Waals surface area (Å²) >= 11 is 0. The molecule has 0 heterocycles. The molecular formula is C10H19N3O3. The fraction of sp³-hybridized carbons (Fsp3) is 0.700. The number of amides is 1. The summed E-state index contributed by atoms with van der Waals surface area (Å²) in [6, 6.07) is 0. The Hall–Kier alpha value is -1.59. The number of amidine groups is 1. The molecule has 6 heteroatoms. The zero-order chi connectivity index (χ0) is 12.6. The predicted molar refractivity (Wildman–Crippen MR) is 60.5 cm³/mol. The van der Waals surface area contributed by atoms with Gasteiger partial charge in [0.05, 0.1) is 6.61 Å². The first-order valence-corrected chi connectivity index (χ1v) is 5.26. The molecule has 6 nitrogen and oxygen atoms in total. The maximum Gasteiger partial charge on any atom is 0.375 e. The molecule has 0 saturated carbocycles. The van der Waals surface area contributed by atoms with Crippen LogP contribution in [0.5, 0.6) is 0 Å². The summed E-state index contributed by atoms with van der Waals surface area (Å²) in [7, 11) is 0. The summed E-state index contributed by atoms with van der Waals surface area (Å²) in [6.07, 6.45) is 1.12. The van der Waals surface area contributed by atoms with Crippen LogP contribution >= 0.6 is 0 Å². The molecule has 92 valence electrons. The van der Waals surface area contributed by atoms with Gasteiger partial charge in [0.15, 0.2) is 0 Å². The van der Waals surface area contributed by atoms with Crippen LogP contribution in [0.25, 0.3) is 0 Å². The molecule has 1 amide bonds. The number of ether oxygens (including phenoxy) is 1. The maximum atomic E-state index is 11.2. The monoisotopic (exact) mass is 229 g/mol. The van der Waals surface area contributed by atoms with Crippen LogP contribution in [0, 0.1) is 5.92 Å². The Morgan fingerprint density at radius 3 is 2.56 bits per heavy atom. The topological polar surface area (TPSA) is 93.8 Å². The second-order valence-corrected chi connectivity index (χ2v) is 3.69. The van der Waals surface area contributed by atoms with Gasteiger partial charge in [-0.25, -0.2) is 10.2 Å². The molecule has 0 aromatic heterocycles. The van der Waals surface area contributed by atoms with Gasteiger partial charge in [-0.3, -0.25) is 4.79 Å². The first-order valence-electron chi connectivity index (χ1n) is 5.26. The van der Waals surface area contributed by atoms with Crippen LogP contribution in [-0.4, -0.2) is 24.3 Å². The average Bonchev–Trinajstić information content (AvgIpc) is 2.23. The summed E-state index contributed by atoms with van der Waals surface area (Å²) in [5, 5.41) is 3.44. The minimum atomic E-state index is -0.730. The van der Waals surface area contributed by atoms with Gasteiger partial charge < -0.3 is 10.5 Å². The Labute approximate surface area is 95.2 Å². The Bertz CT molecular complexity index is 274. The lowest BCUT2D eigenvalue weighted by atomic mass is 10.1. The van der Waals surface area contributed by atoms with Gasteiger partial charge in [0.25, 0.3) is 0 Å². The summed E-state index contributed by atoms with van der Waals surface area (Å²) in [5.74, 6) is -0.899. The van der Waals surface area contributed by atoms with Gasteiger partial charge in [-0.1, -0.05) is 13.8 Å². The normalized spacial score (nSPS) is 11.4. The molecule has 0 unspecified atom stereocenters. The van der Waals surface area contributed by atoms with Gasteiger partial charge in [0, 0.05) is 6.42 Å². The number of nitrogens with two attached hydrogens (primary N) is 1. The third kappa shape index (κ3) is 6.80. The minimum Gasteiger partial charge on any atom is -0.460 e. The van der Waals surface area contributed by atoms with Crippen LogP contribution in [0.1, 0.15) is 33.6 Å². The SMILES string of the molecule is CCOC(=O)C(N)=NNC(=O)CCC(C)C. The third-order valence-corrected chi connectivity index (χ3v) is 1.73. The summed E-state index contributed by atoms with van der Waals surface area (Å²) in [5.41, 5.74) is 7.47. The van der Waals surface area contributed by atoms with E-state index < -0.39 is 5.97 Å². The zero-order valence-corrected chi connectivity index (χ0v) is 9.95. The molecule has 0 aliphatic heterocycles. The number of carbonyl (C=O) groups is 2. The number of nitrogens with zero attached hydrogens (tertiary/aromatic N) is 1. The van der Waals surface area contributed by atoms with E-state index in [4.69, 9.17) is 5.73 Å². The summed E-state index contributed by atoms with van der Waals surface area (Å²) in [4.78, 5) is 22.2. The lowest BCUT2D eigenvalue weighted by Crippen LogP contribution is -2.30. The van der Waals surface area contributed by atoms with E-state index in [1.807, 2.05) is 13.8 Å². The van der Waals surface area contributed by atoms with E-state index in [-0.39, 0.29) is 18.3 Å². The largest absolute Gasteiger partial charge is 0.460 e. The highest BCUT2D eigenvalue weighted by Crippen LogP contribution is 2.02. The van der Waals surface area contributed by atoms with Crippen LogP contribution in [0.15, 0.2) is 5.10 Å². The summed E-state index contributed by atoms with van der Waals surface area (Å²) in [6.45, 7) is 5.91. The number of hydrazone groups is 1. The highest BCUT2D eigenvalue weighted by atomic mass is 16.5. The number of rotatable bonds is 5. The summed E-state index contributed by atoms with van der Waals surface area (Å²) < 4.78 is 4.59. The molecule has 16 heavy (non-hydrogen) atoms. The first-order chi connectivity index (χ1) is 7.47. The molecule has 0 aliphatic carbocycles. The van der Waals surface area contributed by atoms with Crippen molar-refractivity contribution in [3.05, 3.63) is 0 Å². The van der Waals surface area contributed by atoms with Crippen molar-refractivity contribution in [2.24, 2.45) is 16.8 Å². The molecule has 0 aromatic rings. The Balaban J connectivity index is 3.96. The van der Waals surface area contributed by atoms with E-state index in [2.05, 4.69) is 15.3 Å². The number of carbonyl (C=O) groups excluding carboxylic acids is 2. The van der Waals surface area contributed by atoms with Crippen LogP contribution in [0.4, 0.5) is 0 Å². The van der Waals surface area contributed by atoms with Crippen LogP contribution in [-0.2, 0) is 14.3 Å². The number of nitrogens with one attached hydrogen (secondary N) is 1. The second-order valence-electron chi connectivity index (χ2n) is 3.69. The van der Waals surface area contributed by atoms with Crippen molar-refractivity contribution >= 4 is 17.7 Å². The minimum absolute atomic E-state index is 0.219. The number of esters is 1. The van der Waals surface area contributed by atoms with Crippen molar-refractivity contribution in [1.82, 2.24) is 5.43 Å².